The van der Waals surface area contributed by atoms with Gasteiger partial charge in [0.2, 0.25) is 0 Å². The average molecular weight is 341 g/mol. The van der Waals surface area contributed by atoms with Crippen LogP contribution in [0.3, 0.4) is 0 Å². The molecule has 3 aromatic rings. The summed E-state index contributed by atoms with van der Waals surface area (Å²) < 4.78 is 0. The minimum atomic E-state index is -1.17. The summed E-state index contributed by atoms with van der Waals surface area (Å²) in [6, 6.07) is 7.42. The second kappa shape index (κ2) is 6.84. The van der Waals surface area contributed by atoms with Crippen molar-refractivity contribution in [3.63, 3.8) is 0 Å². The number of anilines is 2. The van der Waals surface area contributed by atoms with E-state index in [1.54, 1.807) is 17.8 Å². The molecule has 0 fully saturated rings. The summed E-state index contributed by atoms with van der Waals surface area (Å²) in [4.78, 5) is 34.9. The van der Waals surface area contributed by atoms with E-state index in [9.17, 15) is 9.59 Å². The second-order valence-electron chi connectivity index (χ2n) is 4.57. The number of urea groups is 1. The lowest BCUT2D eigenvalue weighted by Gasteiger charge is -2.05. The normalized spacial score (nSPS) is 10.2. The van der Waals surface area contributed by atoms with E-state index in [0.717, 1.165) is 10.6 Å². The molecule has 9 heteroatoms. The van der Waals surface area contributed by atoms with Crippen LogP contribution in [0.5, 0.6) is 0 Å². The van der Waals surface area contributed by atoms with Gasteiger partial charge in [0.05, 0.1) is 0 Å². The highest BCUT2D eigenvalue weighted by atomic mass is 32.1. The van der Waals surface area contributed by atoms with Crippen molar-refractivity contribution in [2.24, 2.45) is 0 Å². The van der Waals surface area contributed by atoms with Gasteiger partial charge in [0.25, 0.3) is 0 Å². The monoisotopic (exact) mass is 341 g/mol. The van der Waals surface area contributed by atoms with Gasteiger partial charge in [-0.05, 0) is 24.3 Å². The van der Waals surface area contributed by atoms with Crippen molar-refractivity contribution in [3.8, 4) is 10.6 Å². The van der Waals surface area contributed by atoms with Crippen LogP contribution in [0, 0.1) is 0 Å². The second-order valence-corrected chi connectivity index (χ2v) is 5.42. The molecule has 120 valence electrons. The van der Waals surface area contributed by atoms with Gasteiger partial charge in [-0.3, -0.25) is 15.6 Å². The fourth-order valence-electron chi connectivity index (χ4n) is 1.85. The highest BCUT2D eigenvalue weighted by molar-refractivity contribution is 7.13. The van der Waals surface area contributed by atoms with Gasteiger partial charge >= 0.3 is 12.0 Å². The third-order valence-corrected chi connectivity index (χ3v) is 3.77. The van der Waals surface area contributed by atoms with E-state index in [1.165, 1.54) is 29.5 Å². The third-order valence-electron chi connectivity index (χ3n) is 2.88. The number of aromatic carboxylic acids is 1. The minimum Gasteiger partial charge on any atom is -0.477 e. The van der Waals surface area contributed by atoms with E-state index in [-0.39, 0.29) is 11.5 Å². The van der Waals surface area contributed by atoms with Crippen LogP contribution in [0.4, 0.5) is 16.4 Å². The molecular weight excluding hydrogens is 330 g/mol. The highest BCUT2D eigenvalue weighted by Gasteiger charge is 2.10. The molecule has 2 amide bonds. The predicted octanol–water partition coefficient (Wildman–Crippen LogP) is 2.94. The van der Waals surface area contributed by atoms with Gasteiger partial charge in [-0.15, -0.1) is 11.3 Å². The van der Waals surface area contributed by atoms with Gasteiger partial charge in [-0.1, -0.05) is 6.07 Å². The largest absolute Gasteiger partial charge is 0.477 e. The Labute approximate surface area is 140 Å². The van der Waals surface area contributed by atoms with Crippen LogP contribution in [0.25, 0.3) is 10.6 Å². The van der Waals surface area contributed by atoms with Gasteiger partial charge in [-0.2, -0.15) is 0 Å². The topological polar surface area (TPSA) is 117 Å². The first-order valence-corrected chi connectivity index (χ1v) is 7.64. The van der Waals surface area contributed by atoms with Gasteiger partial charge in [0.15, 0.2) is 5.69 Å². The molecule has 0 saturated carbocycles. The van der Waals surface area contributed by atoms with Crippen molar-refractivity contribution >= 4 is 35.0 Å². The molecule has 0 aliphatic carbocycles. The number of rotatable bonds is 4. The molecule has 0 aromatic carbocycles. The fraction of sp³-hybridized carbons (Fsp3) is 0. The number of carboxylic acid groups (broad SMARTS) is 1. The van der Waals surface area contributed by atoms with Crippen molar-refractivity contribution in [2.75, 3.05) is 10.6 Å². The molecule has 8 nitrogen and oxygen atoms in total. The maximum atomic E-state index is 12.0. The summed E-state index contributed by atoms with van der Waals surface area (Å²) in [7, 11) is 0. The molecule has 0 unspecified atom stereocenters. The first-order valence-electron chi connectivity index (χ1n) is 6.76. The molecule has 24 heavy (non-hydrogen) atoms. The van der Waals surface area contributed by atoms with Crippen molar-refractivity contribution < 1.29 is 14.7 Å². The number of hydrogen-bond acceptors (Lipinski definition) is 6. The molecule has 0 spiro atoms. The summed E-state index contributed by atoms with van der Waals surface area (Å²) in [6.45, 7) is 0. The smallest absolute Gasteiger partial charge is 0.354 e. The van der Waals surface area contributed by atoms with Crippen molar-refractivity contribution in [2.45, 2.75) is 0 Å². The molecule has 0 aliphatic rings. The number of carbonyl (C=O) groups is 2. The Bertz CT molecular complexity index is 882. The average Bonchev–Trinajstić information content (AvgIpc) is 3.04. The number of carboxylic acids is 1. The number of pyridine rings is 2. The maximum absolute atomic E-state index is 12.0. The van der Waals surface area contributed by atoms with Gasteiger partial charge in [0, 0.05) is 23.3 Å². The Balaban J connectivity index is 1.66. The van der Waals surface area contributed by atoms with E-state index in [4.69, 9.17) is 5.11 Å². The Morgan fingerprint density at radius 2 is 1.75 bits per heavy atom. The lowest BCUT2D eigenvalue weighted by atomic mass is 10.3. The van der Waals surface area contributed by atoms with Crippen LogP contribution < -0.4 is 10.6 Å². The summed E-state index contributed by atoms with van der Waals surface area (Å²) in [5.41, 5.74) is 0.751. The maximum Gasteiger partial charge on any atom is 0.354 e. The molecule has 0 aliphatic heterocycles. The first kappa shape index (κ1) is 15.6. The number of carbonyl (C=O) groups excluding carboxylic acids is 1. The summed E-state index contributed by atoms with van der Waals surface area (Å²) in [5, 5.41) is 16.4. The molecule has 0 atom stereocenters. The predicted molar refractivity (Wildman–Crippen MR) is 89.2 cm³/mol. The van der Waals surface area contributed by atoms with E-state index in [1.807, 2.05) is 12.1 Å². The van der Waals surface area contributed by atoms with Crippen LogP contribution in [-0.2, 0) is 0 Å². The number of nitrogens with zero attached hydrogens (tertiary/aromatic N) is 3. The van der Waals surface area contributed by atoms with Crippen LogP contribution in [-0.4, -0.2) is 32.1 Å². The molecule has 0 saturated heterocycles. The quantitative estimate of drug-likeness (QED) is 0.671. The number of thiazole rings is 1. The molecule has 3 heterocycles. The number of nitrogens with one attached hydrogen (secondary N) is 2. The first-order chi connectivity index (χ1) is 11.6. The van der Waals surface area contributed by atoms with Crippen LogP contribution in [0.15, 0.2) is 48.1 Å². The molecule has 3 rings (SSSR count). The Morgan fingerprint density at radius 1 is 1.00 bits per heavy atom. The molecule has 3 aromatic heterocycles. The van der Waals surface area contributed by atoms with Gasteiger partial charge in [0.1, 0.15) is 16.6 Å². The zero-order valence-electron chi connectivity index (χ0n) is 12.1. The lowest BCUT2D eigenvalue weighted by Crippen LogP contribution is -2.20. The summed E-state index contributed by atoms with van der Waals surface area (Å²) >= 11 is 1.38. The number of hydrogen-bond donors (Lipinski definition) is 3. The Kier molecular flexibility index (Phi) is 4.43. The van der Waals surface area contributed by atoms with Crippen molar-refractivity contribution in [1.82, 2.24) is 15.0 Å². The highest BCUT2D eigenvalue weighted by Crippen LogP contribution is 2.25. The van der Waals surface area contributed by atoms with Crippen molar-refractivity contribution in [3.05, 3.63) is 53.8 Å². The third kappa shape index (κ3) is 3.70. The Hall–Kier alpha value is -3.33. The van der Waals surface area contributed by atoms with Crippen LogP contribution in [0.2, 0.25) is 0 Å². The summed E-state index contributed by atoms with van der Waals surface area (Å²) in [6.07, 6.45) is 3.33. The van der Waals surface area contributed by atoms with Crippen LogP contribution in [0.1, 0.15) is 10.5 Å². The zero-order valence-corrected chi connectivity index (χ0v) is 12.9. The zero-order chi connectivity index (χ0) is 16.9. The molecule has 3 N–H and O–H groups in total. The van der Waals surface area contributed by atoms with Gasteiger partial charge in [-0.25, -0.2) is 19.6 Å². The number of amides is 2. The number of aromatic nitrogens is 3. The fourth-order valence-corrected chi connectivity index (χ4v) is 2.60. The van der Waals surface area contributed by atoms with Gasteiger partial charge < -0.3 is 5.11 Å². The summed E-state index contributed by atoms with van der Waals surface area (Å²) in [5.74, 6) is -0.642. The molecular formula is C15H11N5O3S. The van der Waals surface area contributed by atoms with E-state index in [0.29, 0.717) is 5.82 Å². The Morgan fingerprint density at radius 3 is 2.50 bits per heavy atom. The van der Waals surface area contributed by atoms with E-state index >= 15 is 0 Å². The van der Waals surface area contributed by atoms with E-state index in [2.05, 4.69) is 25.6 Å². The van der Waals surface area contributed by atoms with Crippen molar-refractivity contribution in [1.29, 1.82) is 0 Å². The molecule has 0 radical (unpaired) electrons. The van der Waals surface area contributed by atoms with Crippen LogP contribution >= 0.6 is 11.3 Å². The van der Waals surface area contributed by atoms with E-state index < -0.39 is 12.0 Å². The SMILES string of the molecule is O=C(Nc1cccc(C(=O)O)n1)Nc1csc(-c2ccncc2)n1. The standard InChI is InChI=1S/C15H11N5O3S/c21-14(22)10-2-1-3-11(17-10)19-15(23)20-12-8-24-13(18-12)9-4-6-16-7-5-9/h1-8H,(H,21,22)(H2,17,19,20,23). The minimum absolute atomic E-state index is 0.136. The lowest BCUT2D eigenvalue weighted by molar-refractivity contribution is 0.0690. The molecule has 0 bridgehead atoms.